The maximum Gasteiger partial charge on any atom is 1.00 e. The zero-order valence-corrected chi connectivity index (χ0v) is 21.5. The molecular formula is C20H20N3NaO6S2. The van der Waals surface area contributed by atoms with Crippen LogP contribution in [-0.4, -0.2) is 67.0 Å². The van der Waals surface area contributed by atoms with Crippen molar-refractivity contribution in [1.29, 1.82) is 0 Å². The number of carbonyl (C=O) groups excluding carboxylic acids is 3. The Morgan fingerprint density at radius 1 is 1.00 bits per heavy atom. The number of hydrogen-bond donors (Lipinski definition) is 0. The first kappa shape index (κ1) is 26.4. The summed E-state index contributed by atoms with van der Waals surface area (Å²) < 4.78 is 32.8. The summed E-state index contributed by atoms with van der Waals surface area (Å²) in [5.41, 5.74) is 0.785. The second-order valence-corrected chi connectivity index (χ2v) is 9.40. The van der Waals surface area contributed by atoms with Gasteiger partial charge in [-0.2, -0.15) is 0 Å². The van der Waals surface area contributed by atoms with E-state index in [1.54, 1.807) is 12.2 Å². The molecule has 2 aliphatic rings. The first-order valence-electron chi connectivity index (χ1n) is 9.27. The van der Waals surface area contributed by atoms with E-state index in [1.165, 1.54) is 38.0 Å². The molecule has 0 N–H and O–H groups in total. The van der Waals surface area contributed by atoms with Crippen LogP contribution in [0.2, 0.25) is 0 Å². The van der Waals surface area contributed by atoms with Crippen molar-refractivity contribution in [3.8, 4) is 0 Å². The van der Waals surface area contributed by atoms with Crippen molar-refractivity contribution < 1.29 is 56.9 Å². The summed E-state index contributed by atoms with van der Waals surface area (Å²) in [6.45, 7) is 0.348. The number of barbiturate groups is 1. The van der Waals surface area contributed by atoms with Gasteiger partial charge in [-0.3, -0.25) is 19.4 Å². The Kier molecular flexibility index (Phi) is 8.91. The van der Waals surface area contributed by atoms with Crippen molar-refractivity contribution in [3.05, 3.63) is 59.2 Å². The normalized spacial score (nSPS) is 18.0. The molecule has 164 valence electrons. The molecule has 1 aromatic rings. The third kappa shape index (κ3) is 5.91. The Bertz CT molecular complexity index is 1100. The molecule has 4 amide bonds. The van der Waals surface area contributed by atoms with Crippen molar-refractivity contribution in [2.24, 2.45) is 0 Å². The number of urea groups is 1. The fraction of sp³-hybridized carbons (Fsp3) is 0.250. The predicted octanol–water partition coefficient (Wildman–Crippen LogP) is -1.09. The van der Waals surface area contributed by atoms with Gasteiger partial charge in [0.15, 0.2) is 0 Å². The molecule has 1 fully saturated rings. The van der Waals surface area contributed by atoms with Crippen LogP contribution in [-0.2, 0) is 19.7 Å². The first-order valence-corrected chi connectivity index (χ1v) is 11.7. The summed E-state index contributed by atoms with van der Waals surface area (Å²) in [5.74, 6) is -1.79. The third-order valence-corrected chi connectivity index (χ3v) is 6.59. The number of anilines is 1. The van der Waals surface area contributed by atoms with Crippen LogP contribution < -0.4 is 34.5 Å². The standard InChI is InChI=1S/C20H21N3O6S2.Na/c1-21-18(24)14(19(25)22(2)20(21)26)8-3-6-11-17-23(12-7-13-31(27,28)29)15-9-4-5-10-16(15)30-17;/h3-6,8-11H,7,12-13H2,1-2H3,(H,27,28,29);/q;+1/p-1/b6-3+,17-11-;. The summed E-state index contributed by atoms with van der Waals surface area (Å²) in [5, 5.41) is 0.810. The van der Waals surface area contributed by atoms with Crippen LogP contribution >= 0.6 is 11.8 Å². The van der Waals surface area contributed by atoms with Crippen molar-refractivity contribution in [2.75, 3.05) is 31.3 Å². The van der Waals surface area contributed by atoms with Gasteiger partial charge in [0.2, 0.25) is 0 Å². The zero-order chi connectivity index (χ0) is 22.8. The molecule has 0 spiro atoms. The largest absolute Gasteiger partial charge is 1.00 e. The number of benzene rings is 1. The van der Waals surface area contributed by atoms with E-state index >= 15 is 0 Å². The number of hydrogen-bond acceptors (Lipinski definition) is 8. The van der Waals surface area contributed by atoms with E-state index in [0.29, 0.717) is 6.54 Å². The fourth-order valence-electron chi connectivity index (χ4n) is 3.09. The molecule has 12 heteroatoms. The summed E-state index contributed by atoms with van der Waals surface area (Å²) >= 11 is 1.48. The number of rotatable bonds is 6. The predicted molar refractivity (Wildman–Crippen MR) is 115 cm³/mol. The maximum absolute atomic E-state index is 12.2. The number of carbonyl (C=O) groups is 3. The first-order chi connectivity index (χ1) is 14.6. The van der Waals surface area contributed by atoms with Crippen LogP contribution in [0, 0.1) is 0 Å². The molecule has 1 aromatic carbocycles. The monoisotopic (exact) mass is 485 g/mol. The average molecular weight is 486 g/mol. The summed E-state index contributed by atoms with van der Waals surface area (Å²) in [6, 6.07) is 6.92. The number of para-hydroxylation sites is 1. The van der Waals surface area contributed by atoms with E-state index in [-0.39, 0.29) is 41.6 Å². The van der Waals surface area contributed by atoms with Crippen molar-refractivity contribution in [3.63, 3.8) is 0 Å². The molecule has 0 saturated carbocycles. The van der Waals surface area contributed by atoms with Crippen LogP contribution in [0.1, 0.15) is 6.42 Å². The van der Waals surface area contributed by atoms with Crippen LogP contribution in [0.5, 0.6) is 0 Å². The number of likely N-dealkylation sites (N-methyl/N-ethyl adjacent to an activating group) is 2. The average Bonchev–Trinajstić information content (AvgIpc) is 3.07. The minimum Gasteiger partial charge on any atom is -0.748 e. The van der Waals surface area contributed by atoms with Crippen LogP contribution in [0.15, 0.2) is 64.1 Å². The summed E-state index contributed by atoms with van der Waals surface area (Å²) in [7, 11) is -1.68. The van der Waals surface area contributed by atoms with Gasteiger partial charge in [-0.15, -0.1) is 0 Å². The van der Waals surface area contributed by atoms with Crippen molar-refractivity contribution in [1.82, 2.24) is 9.80 Å². The van der Waals surface area contributed by atoms with Crippen molar-refractivity contribution in [2.45, 2.75) is 11.3 Å². The Hall–Kier alpha value is -1.89. The van der Waals surface area contributed by atoms with Gasteiger partial charge in [-0.1, -0.05) is 36.0 Å². The van der Waals surface area contributed by atoms with Gasteiger partial charge in [0.1, 0.15) is 5.57 Å². The Balaban J connectivity index is 0.00000363. The number of allylic oxidation sites excluding steroid dienone is 4. The number of amides is 4. The quantitative estimate of drug-likeness (QED) is 0.216. The number of nitrogens with zero attached hydrogens (tertiary/aromatic N) is 3. The second-order valence-electron chi connectivity index (χ2n) is 6.82. The molecule has 0 radical (unpaired) electrons. The van der Waals surface area contributed by atoms with Gasteiger partial charge in [-0.05, 0) is 30.7 Å². The molecular weight excluding hydrogens is 465 g/mol. The molecule has 2 aliphatic heterocycles. The molecule has 0 aliphatic carbocycles. The smallest absolute Gasteiger partial charge is 0.748 e. The minimum atomic E-state index is -4.29. The molecule has 0 unspecified atom stereocenters. The number of fused-ring (bicyclic) bond motifs is 1. The Labute approximate surface area is 212 Å². The third-order valence-electron chi connectivity index (χ3n) is 4.67. The second kappa shape index (κ2) is 10.8. The molecule has 9 nitrogen and oxygen atoms in total. The van der Waals surface area contributed by atoms with E-state index in [1.807, 2.05) is 29.2 Å². The molecule has 0 atom stereocenters. The molecule has 0 aromatic heterocycles. The van der Waals surface area contributed by atoms with Crippen LogP contribution in [0.25, 0.3) is 0 Å². The summed E-state index contributed by atoms with van der Waals surface area (Å²) in [6.07, 6.45) is 6.47. The SMILES string of the molecule is CN1C(=O)C(=C/C=C/C=C2\Sc3ccccc3N2CCCS(=O)(=O)[O-])C(=O)N(C)C1=O.[Na+]. The van der Waals surface area contributed by atoms with Crippen LogP contribution in [0.4, 0.5) is 10.5 Å². The topological polar surface area (TPSA) is 118 Å². The molecule has 3 rings (SSSR count). The van der Waals surface area contributed by atoms with E-state index in [9.17, 15) is 27.4 Å². The van der Waals surface area contributed by atoms with Crippen LogP contribution in [0.3, 0.4) is 0 Å². The Morgan fingerprint density at radius 2 is 1.59 bits per heavy atom. The Morgan fingerprint density at radius 3 is 2.22 bits per heavy atom. The van der Waals surface area contributed by atoms with Gasteiger partial charge in [-0.25, -0.2) is 13.2 Å². The van der Waals surface area contributed by atoms with Gasteiger partial charge < -0.3 is 9.45 Å². The van der Waals surface area contributed by atoms with E-state index in [4.69, 9.17) is 0 Å². The minimum absolute atomic E-state index is 0. The van der Waals surface area contributed by atoms with E-state index in [2.05, 4.69) is 0 Å². The van der Waals surface area contributed by atoms with Gasteiger partial charge in [0.05, 0.1) is 20.8 Å². The number of thioether (sulfide) groups is 1. The molecule has 32 heavy (non-hydrogen) atoms. The van der Waals surface area contributed by atoms with Gasteiger partial charge in [0, 0.05) is 31.3 Å². The van der Waals surface area contributed by atoms with Gasteiger partial charge in [0.25, 0.3) is 11.8 Å². The zero-order valence-electron chi connectivity index (χ0n) is 17.8. The van der Waals surface area contributed by atoms with Gasteiger partial charge >= 0.3 is 35.6 Å². The molecule has 1 saturated heterocycles. The summed E-state index contributed by atoms with van der Waals surface area (Å²) in [4.78, 5) is 40.8. The molecule has 0 bridgehead atoms. The van der Waals surface area contributed by atoms with Crippen molar-refractivity contribution >= 4 is 45.4 Å². The van der Waals surface area contributed by atoms with E-state index in [0.717, 1.165) is 25.4 Å². The maximum atomic E-state index is 12.2. The fourth-order valence-corrected chi connectivity index (χ4v) is 4.67. The van der Waals surface area contributed by atoms with E-state index < -0.39 is 33.7 Å². The molecule has 2 heterocycles. The number of imide groups is 2.